The minimum absolute atomic E-state index is 0.0185. The van der Waals surface area contributed by atoms with Crippen molar-refractivity contribution in [2.45, 2.75) is 52.1 Å². The molecule has 0 fully saturated rings. The molecule has 1 atom stereocenters. The molecular weight excluding hydrogens is 569 g/mol. The quantitative estimate of drug-likeness (QED) is 0.291. The lowest BCUT2D eigenvalue weighted by Crippen LogP contribution is -2.51. The van der Waals surface area contributed by atoms with E-state index in [1.54, 1.807) is 19.1 Å². The van der Waals surface area contributed by atoms with Crippen LogP contribution in [0.25, 0.3) is 0 Å². The zero-order valence-corrected chi connectivity index (χ0v) is 25.6. The van der Waals surface area contributed by atoms with Crippen molar-refractivity contribution in [1.82, 2.24) is 10.2 Å². The van der Waals surface area contributed by atoms with Crippen LogP contribution < -0.4 is 9.62 Å². The van der Waals surface area contributed by atoms with Gasteiger partial charge in [0, 0.05) is 13.1 Å². The topological polar surface area (TPSA) is 86.8 Å². The average molecular weight is 605 g/mol. The van der Waals surface area contributed by atoms with Gasteiger partial charge in [-0.1, -0.05) is 84.6 Å². The average Bonchev–Trinajstić information content (AvgIpc) is 2.90. The molecule has 7 nitrogen and oxygen atoms in total. The second-order valence-electron chi connectivity index (χ2n) is 10.2. The first-order chi connectivity index (χ1) is 18.8. The Morgan fingerprint density at radius 3 is 2.15 bits per heavy atom. The third-order valence-corrected chi connectivity index (χ3v) is 8.89. The van der Waals surface area contributed by atoms with Crippen molar-refractivity contribution in [3.05, 3.63) is 93.5 Å². The second kappa shape index (κ2) is 13.5. The van der Waals surface area contributed by atoms with E-state index in [2.05, 4.69) is 5.32 Å². The molecule has 0 aliphatic carbocycles. The van der Waals surface area contributed by atoms with E-state index < -0.39 is 28.5 Å². The fourth-order valence-corrected chi connectivity index (χ4v) is 5.75. The molecule has 0 saturated carbocycles. The SMILES string of the molecule is Cc1ccc(S(=O)(=O)N(CC(=O)N(Cc2cccc(C)c2)[C@H](C)C(=O)NCC(C)C)c2ccc(Cl)c(Cl)c2)cc1. The van der Waals surface area contributed by atoms with E-state index in [-0.39, 0.29) is 39.0 Å². The van der Waals surface area contributed by atoms with Crippen LogP contribution in [0.4, 0.5) is 5.69 Å². The number of sulfonamides is 1. The molecule has 3 rings (SSSR count). The van der Waals surface area contributed by atoms with Crippen LogP contribution in [-0.4, -0.2) is 44.3 Å². The van der Waals surface area contributed by atoms with Gasteiger partial charge >= 0.3 is 0 Å². The van der Waals surface area contributed by atoms with Crippen LogP contribution in [0.1, 0.15) is 37.5 Å². The van der Waals surface area contributed by atoms with Gasteiger partial charge in [0.1, 0.15) is 12.6 Å². The monoisotopic (exact) mass is 603 g/mol. The lowest BCUT2D eigenvalue weighted by molar-refractivity contribution is -0.139. The lowest BCUT2D eigenvalue weighted by Gasteiger charge is -2.32. The standard InChI is InChI=1S/C30H35Cl2N3O4S/c1-20(2)17-33-30(37)23(5)34(18-24-8-6-7-22(4)15-24)29(36)19-35(25-11-14-27(31)28(32)16-25)40(38,39)26-12-9-21(3)10-13-26/h6-16,20,23H,17-19H2,1-5H3,(H,33,37)/t23-/m1/s1. The molecule has 0 aliphatic rings. The summed E-state index contributed by atoms with van der Waals surface area (Å²) in [5, 5.41) is 3.28. The van der Waals surface area contributed by atoms with Crippen molar-refractivity contribution in [3.63, 3.8) is 0 Å². The number of hydrogen-bond donors (Lipinski definition) is 1. The minimum Gasteiger partial charge on any atom is -0.354 e. The summed E-state index contributed by atoms with van der Waals surface area (Å²) < 4.78 is 28.8. The van der Waals surface area contributed by atoms with Crippen LogP contribution in [0.2, 0.25) is 10.0 Å². The fraction of sp³-hybridized carbons (Fsp3) is 0.333. The van der Waals surface area contributed by atoms with Crippen molar-refractivity contribution < 1.29 is 18.0 Å². The van der Waals surface area contributed by atoms with Gasteiger partial charge in [0.15, 0.2) is 0 Å². The highest BCUT2D eigenvalue weighted by Crippen LogP contribution is 2.31. The summed E-state index contributed by atoms with van der Waals surface area (Å²) in [6, 6.07) is 17.5. The lowest BCUT2D eigenvalue weighted by atomic mass is 10.1. The number of carbonyl (C=O) groups excluding carboxylic acids is 2. The highest BCUT2D eigenvalue weighted by molar-refractivity contribution is 7.92. The molecule has 214 valence electrons. The van der Waals surface area contributed by atoms with E-state index in [0.717, 1.165) is 21.0 Å². The normalized spacial score (nSPS) is 12.2. The molecule has 10 heteroatoms. The number of hydrogen-bond acceptors (Lipinski definition) is 4. The summed E-state index contributed by atoms with van der Waals surface area (Å²) in [6.45, 7) is 9.41. The van der Waals surface area contributed by atoms with E-state index in [0.29, 0.717) is 6.54 Å². The summed E-state index contributed by atoms with van der Waals surface area (Å²) in [5.74, 6) is -0.644. The van der Waals surface area contributed by atoms with Crippen LogP contribution in [0.3, 0.4) is 0 Å². The van der Waals surface area contributed by atoms with Crippen LogP contribution in [-0.2, 0) is 26.2 Å². The molecule has 0 bridgehead atoms. The Bertz CT molecular complexity index is 1460. The van der Waals surface area contributed by atoms with Crippen LogP contribution >= 0.6 is 23.2 Å². The number of amides is 2. The Morgan fingerprint density at radius 2 is 1.55 bits per heavy atom. The zero-order valence-electron chi connectivity index (χ0n) is 23.3. The van der Waals surface area contributed by atoms with Gasteiger partial charge in [0.25, 0.3) is 10.0 Å². The minimum atomic E-state index is -4.19. The number of aryl methyl sites for hydroxylation is 2. The van der Waals surface area contributed by atoms with Gasteiger partial charge in [-0.3, -0.25) is 13.9 Å². The smallest absolute Gasteiger partial charge is 0.264 e. The van der Waals surface area contributed by atoms with Crippen LogP contribution in [0.15, 0.2) is 71.6 Å². The van der Waals surface area contributed by atoms with E-state index in [4.69, 9.17) is 23.2 Å². The molecule has 3 aromatic rings. The third kappa shape index (κ3) is 7.99. The van der Waals surface area contributed by atoms with Gasteiger partial charge in [0.05, 0.1) is 20.6 Å². The highest BCUT2D eigenvalue weighted by Gasteiger charge is 2.32. The zero-order chi connectivity index (χ0) is 29.6. The number of nitrogens with one attached hydrogen (secondary N) is 1. The number of halogens is 2. The molecule has 0 unspecified atom stereocenters. The van der Waals surface area contributed by atoms with Gasteiger partial charge in [-0.2, -0.15) is 0 Å². The van der Waals surface area contributed by atoms with Crippen LogP contribution in [0.5, 0.6) is 0 Å². The first kappa shape index (κ1) is 31.5. The number of benzene rings is 3. The summed E-state index contributed by atoms with van der Waals surface area (Å²) in [4.78, 5) is 28.5. The second-order valence-corrected chi connectivity index (χ2v) is 12.9. The maximum atomic E-state index is 14.0. The van der Waals surface area contributed by atoms with Crippen molar-refractivity contribution in [2.75, 3.05) is 17.4 Å². The first-order valence-electron chi connectivity index (χ1n) is 13.0. The van der Waals surface area contributed by atoms with Crippen molar-refractivity contribution >= 4 is 50.7 Å². The number of rotatable bonds is 11. The van der Waals surface area contributed by atoms with E-state index in [1.165, 1.54) is 35.2 Å². The van der Waals surface area contributed by atoms with Crippen molar-refractivity contribution in [3.8, 4) is 0 Å². The molecule has 3 aromatic carbocycles. The molecule has 0 aliphatic heterocycles. The number of nitrogens with zero attached hydrogens (tertiary/aromatic N) is 2. The Balaban J connectivity index is 2.04. The Hall–Kier alpha value is -3.07. The van der Waals surface area contributed by atoms with Crippen molar-refractivity contribution in [1.29, 1.82) is 0 Å². The van der Waals surface area contributed by atoms with E-state index in [9.17, 15) is 18.0 Å². The molecule has 0 saturated heterocycles. The Labute approximate surface area is 247 Å². The van der Waals surface area contributed by atoms with Gasteiger partial charge < -0.3 is 10.2 Å². The molecule has 0 heterocycles. The summed E-state index contributed by atoms with van der Waals surface area (Å²) >= 11 is 12.3. The first-order valence-corrected chi connectivity index (χ1v) is 15.2. The summed E-state index contributed by atoms with van der Waals surface area (Å²) in [5.41, 5.74) is 2.89. The van der Waals surface area contributed by atoms with Crippen molar-refractivity contribution in [2.24, 2.45) is 5.92 Å². The molecule has 0 radical (unpaired) electrons. The molecule has 40 heavy (non-hydrogen) atoms. The molecule has 0 aromatic heterocycles. The number of carbonyl (C=O) groups is 2. The molecular formula is C30H35Cl2N3O4S. The third-order valence-electron chi connectivity index (χ3n) is 6.37. The fourth-order valence-electron chi connectivity index (χ4n) is 4.05. The van der Waals surface area contributed by atoms with Gasteiger partial charge in [-0.05, 0) is 62.6 Å². The maximum absolute atomic E-state index is 14.0. The van der Waals surface area contributed by atoms with Gasteiger partial charge in [-0.15, -0.1) is 0 Å². The largest absolute Gasteiger partial charge is 0.354 e. The van der Waals surface area contributed by atoms with Gasteiger partial charge in [-0.25, -0.2) is 8.42 Å². The summed E-state index contributed by atoms with van der Waals surface area (Å²) in [6.07, 6.45) is 0. The Kier molecular flexibility index (Phi) is 10.6. The Morgan fingerprint density at radius 1 is 0.875 bits per heavy atom. The molecule has 1 N–H and O–H groups in total. The maximum Gasteiger partial charge on any atom is 0.264 e. The van der Waals surface area contributed by atoms with E-state index >= 15 is 0 Å². The highest BCUT2D eigenvalue weighted by atomic mass is 35.5. The molecule has 0 spiro atoms. The number of anilines is 1. The van der Waals surface area contributed by atoms with Crippen LogP contribution in [0, 0.1) is 19.8 Å². The predicted molar refractivity (Wildman–Crippen MR) is 161 cm³/mol. The predicted octanol–water partition coefficient (Wildman–Crippen LogP) is 6.00. The summed E-state index contributed by atoms with van der Waals surface area (Å²) in [7, 11) is -4.19. The van der Waals surface area contributed by atoms with Gasteiger partial charge in [0.2, 0.25) is 11.8 Å². The van der Waals surface area contributed by atoms with E-state index in [1.807, 2.05) is 52.0 Å². The molecule has 2 amide bonds.